The highest BCUT2D eigenvalue weighted by Gasteiger charge is 2.10. The van der Waals surface area contributed by atoms with Gasteiger partial charge in [-0.2, -0.15) is 0 Å². The first kappa shape index (κ1) is 24.9. The molecule has 176 valence electrons. The van der Waals surface area contributed by atoms with Gasteiger partial charge in [-0.25, -0.2) is 14.4 Å². The van der Waals surface area contributed by atoms with Gasteiger partial charge in [-0.1, -0.05) is 55.0 Å². The lowest BCUT2D eigenvalue weighted by Crippen LogP contribution is -2.11. The fourth-order valence-corrected chi connectivity index (χ4v) is 3.40. The fraction of sp³-hybridized carbons (Fsp3) is 0.214. The van der Waals surface area contributed by atoms with Crippen LogP contribution in [0, 0.1) is 12.7 Å². The van der Waals surface area contributed by atoms with E-state index in [1.807, 2.05) is 18.3 Å². The van der Waals surface area contributed by atoms with E-state index in [4.69, 9.17) is 10.7 Å². The van der Waals surface area contributed by atoms with Crippen molar-refractivity contribution >= 4 is 17.2 Å². The summed E-state index contributed by atoms with van der Waals surface area (Å²) in [6.45, 7) is 7.20. The van der Waals surface area contributed by atoms with Gasteiger partial charge in [-0.3, -0.25) is 0 Å². The van der Waals surface area contributed by atoms with Gasteiger partial charge in [0.15, 0.2) is 0 Å². The van der Waals surface area contributed by atoms with Crippen LogP contribution in [0.25, 0.3) is 11.3 Å². The Hall–Kier alpha value is -3.77. The lowest BCUT2D eigenvalue weighted by molar-refractivity contribution is 0.627. The summed E-state index contributed by atoms with van der Waals surface area (Å²) in [4.78, 5) is 9.09. The van der Waals surface area contributed by atoms with E-state index in [0.29, 0.717) is 19.0 Å². The lowest BCUT2D eigenvalue weighted by Gasteiger charge is -2.14. The van der Waals surface area contributed by atoms with Gasteiger partial charge in [0.05, 0.1) is 11.4 Å². The standard InChI is InChI=1S/C28H32FN5/c1-4-5-22(18-30)14-16-31-27(21(3)24-10-6-20(2)7-11-24)26-15-17-32-28(34-26)33-19-23-8-12-25(29)13-9-23/h5-17,31H,4,18-19,30H2,1-3H3,(H,32,33,34)/b16-14-,22-5+,27-21+. The minimum atomic E-state index is -0.255. The number of nitrogens with zero attached hydrogens (tertiary/aromatic N) is 2. The van der Waals surface area contributed by atoms with Crippen LogP contribution >= 0.6 is 0 Å². The van der Waals surface area contributed by atoms with E-state index in [0.717, 1.165) is 40.1 Å². The molecule has 0 spiro atoms. The predicted octanol–water partition coefficient (Wildman–Crippen LogP) is 5.82. The van der Waals surface area contributed by atoms with E-state index in [1.165, 1.54) is 17.7 Å². The van der Waals surface area contributed by atoms with Gasteiger partial charge in [-0.15, -0.1) is 0 Å². The van der Waals surface area contributed by atoms with Crippen LogP contribution in [0.1, 0.15) is 42.7 Å². The third-order valence-corrected chi connectivity index (χ3v) is 5.36. The summed E-state index contributed by atoms with van der Waals surface area (Å²) in [7, 11) is 0. The van der Waals surface area contributed by atoms with Crippen LogP contribution in [0.2, 0.25) is 0 Å². The molecule has 0 atom stereocenters. The lowest BCUT2D eigenvalue weighted by atomic mass is 10.0. The molecule has 1 heterocycles. The zero-order valence-electron chi connectivity index (χ0n) is 20.0. The maximum absolute atomic E-state index is 13.2. The summed E-state index contributed by atoms with van der Waals surface area (Å²) in [6, 6.07) is 16.6. The number of halogens is 1. The first-order valence-corrected chi connectivity index (χ1v) is 11.4. The zero-order valence-corrected chi connectivity index (χ0v) is 20.0. The van der Waals surface area contributed by atoms with Crippen LogP contribution in [-0.2, 0) is 6.54 Å². The van der Waals surface area contributed by atoms with Crippen LogP contribution in [0.15, 0.2) is 84.7 Å². The van der Waals surface area contributed by atoms with E-state index in [-0.39, 0.29) is 5.82 Å². The maximum Gasteiger partial charge on any atom is 0.223 e. The number of hydrogen-bond donors (Lipinski definition) is 3. The van der Waals surface area contributed by atoms with Crippen molar-refractivity contribution in [3.63, 3.8) is 0 Å². The molecule has 0 aliphatic heterocycles. The summed E-state index contributed by atoms with van der Waals surface area (Å²) < 4.78 is 13.2. The molecule has 0 fully saturated rings. The molecule has 0 unspecified atom stereocenters. The molecule has 2 aromatic carbocycles. The van der Waals surface area contributed by atoms with Crippen molar-refractivity contribution in [1.29, 1.82) is 0 Å². The van der Waals surface area contributed by atoms with Gasteiger partial charge in [0.25, 0.3) is 0 Å². The molecule has 3 rings (SSSR count). The van der Waals surface area contributed by atoms with Crippen molar-refractivity contribution < 1.29 is 4.39 Å². The Bertz CT molecular complexity index is 1160. The van der Waals surface area contributed by atoms with E-state index < -0.39 is 0 Å². The number of nitrogens with two attached hydrogens (primary N) is 1. The molecule has 0 amide bonds. The molecule has 4 N–H and O–H groups in total. The van der Waals surface area contributed by atoms with Crippen molar-refractivity contribution in [3.8, 4) is 0 Å². The number of nitrogens with one attached hydrogen (secondary N) is 2. The largest absolute Gasteiger partial charge is 0.360 e. The molecule has 3 aromatic rings. The minimum absolute atomic E-state index is 0.255. The van der Waals surface area contributed by atoms with Crippen LogP contribution in [-0.4, -0.2) is 16.5 Å². The smallest absolute Gasteiger partial charge is 0.223 e. The Kier molecular flexibility index (Phi) is 9.12. The second-order valence-electron chi connectivity index (χ2n) is 7.98. The number of benzene rings is 2. The molecule has 0 aliphatic carbocycles. The zero-order chi connectivity index (χ0) is 24.3. The summed E-state index contributed by atoms with van der Waals surface area (Å²) in [5.74, 6) is 0.240. The van der Waals surface area contributed by atoms with Gasteiger partial charge in [0, 0.05) is 25.5 Å². The highest BCUT2D eigenvalue weighted by atomic mass is 19.1. The summed E-state index contributed by atoms with van der Waals surface area (Å²) >= 11 is 0. The molecule has 0 aliphatic rings. The van der Waals surface area contributed by atoms with Crippen molar-refractivity contribution in [2.45, 2.75) is 33.7 Å². The van der Waals surface area contributed by atoms with Gasteiger partial charge in [0.2, 0.25) is 5.95 Å². The molecule has 0 bridgehead atoms. The monoisotopic (exact) mass is 457 g/mol. The van der Waals surface area contributed by atoms with Gasteiger partial charge < -0.3 is 16.4 Å². The minimum Gasteiger partial charge on any atom is -0.360 e. The molecule has 0 radical (unpaired) electrons. The third kappa shape index (κ3) is 7.12. The summed E-state index contributed by atoms with van der Waals surface area (Å²) in [6.07, 6.45) is 8.65. The van der Waals surface area contributed by atoms with E-state index in [1.54, 1.807) is 18.3 Å². The van der Waals surface area contributed by atoms with Gasteiger partial charge in [-0.05, 0) is 66.8 Å². The predicted molar refractivity (Wildman–Crippen MR) is 139 cm³/mol. The van der Waals surface area contributed by atoms with Gasteiger partial charge >= 0.3 is 0 Å². The van der Waals surface area contributed by atoms with Crippen molar-refractivity contribution in [2.24, 2.45) is 5.73 Å². The Labute approximate surface area is 201 Å². The maximum atomic E-state index is 13.2. The molecule has 34 heavy (non-hydrogen) atoms. The third-order valence-electron chi connectivity index (χ3n) is 5.36. The quantitative estimate of drug-likeness (QED) is 0.334. The normalized spacial score (nSPS) is 12.6. The Morgan fingerprint density at radius 1 is 1.06 bits per heavy atom. The Balaban J connectivity index is 1.90. The first-order chi connectivity index (χ1) is 16.5. The topological polar surface area (TPSA) is 75.9 Å². The average Bonchev–Trinajstić information content (AvgIpc) is 2.86. The van der Waals surface area contributed by atoms with Crippen LogP contribution in [0.3, 0.4) is 0 Å². The summed E-state index contributed by atoms with van der Waals surface area (Å²) in [5.41, 5.74) is 12.9. The van der Waals surface area contributed by atoms with Crippen LogP contribution < -0.4 is 16.4 Å². The fourth-order valence-electron chi connectivity index (χ4n) is 3.40. The average molecular weight is 458 g/mol. The SMILES string of the molecule is CC/C=C(\C=C/N/C(=C(\C)c1ccc(C)cc1)c1ccnc(NCc2ccc(F)cc2)n1)CN. The Morgan fingerprint density at radius 2 is 1.79 bits per heavy atom. The van der Waals surface area contributed by atoms with E-state index in [2.05, 4.69) is 66.7 Å². The molecule has 6 heteroatoms. The number of aromatic nitrogens is 2. The molecule has 0 saturated carbocycles. The second kappa shape index (κ2) is 12.5. The number of allylic oxidation sites excluding steroid dienone is 2. The second-order valence-corrected chi connectivity index (χ2v) is 7.98. The number of hydrogen-bond acceptors (Lipinski definition) is 5. The summed E-state index contributed by atoms with van der Waals surface area (Å²) in [5, 5.41) is 6.65. The highest BCUT2D eigenvalue weighted by Crippen LogP contribution is 2.24. The Morgan fingerprint density at radius 3 is 2.47 bits per heavy atom. The first-order valence-electron chi connectivity index (χ1n) is 11.4. The molecule has 1 aromatic heterocycles. The molecule has 0 saturated heterocycles. The van der Waals surface area contributed by atoms with Crippen LogP contribution in [0.5, 0.6) is 0 Å². The molecular formula is C28H32FN5. The van der Waals surface area contributed by atoms with Crippen LogP contribution in [0.4, 0.5) is 10.3 Å². The molecule has 5 nitrogen and oxygen atoms in total. The number of aryl methyl sites for hydroxylation is 1. The number of rotatable bonds is 10. The van der Waals surface area contributed by atoms with Gasteiger partial charge in [0.1, 0.15) is 5.82 Å². The van der Waals surface area contributed by atoms with E-state index >= 15 is 0 Å². The van der Waals surface area contributed by atoms with Crippen molar-refractivity contribution in [3.05, 3.63) is 113 Å². The molecular weight excluding hydrogens is 425 g/mol. The number of anilines is 1. The van der Waals surface area contributed by atoms with Crippen molar-refractivity contribution in [2.75, 3.05) is 11.9 Å². The van der Waals surface area contributed by atoms with Crippen molar-refractivity contribution in [1.82, 2.24) is 15.3 Å². The highest BCUT2D eigenvalue weighted by molar-refractivity contribution is 5.88. The van der Waals surface area contributed by atoms with E-state index in [9.17, 15) is 4.39 Å².